The Morgan fingerprint density at radius 2 is 1.77 bits per heavy atom. The third kappa shape index (κ3) is 5.23. The average molecular weight is 354 g/mol. The lowest BCUT2D eigenvalue weighted by Gasteiger charge is -2.17. The zero-order valence-corrected chi connectivity index (χ0v) is 15.2. The van der Waals surface area contributed by atoms with Crippen molar-refractivity contribution in [3.63, 3.8) is 0 Å². The van der Waals surface area contributed by atoms with Gasteiger partial charge in [0.05, 0.1) is 0 Å². The third-order valence-corrected chi connectivity index (χ3v) is 4.57. The highest BCUT2D eigenvalue weighted by Gasteiger charge is 2.25. The van der Waals surface area contributed by atoms with Gasteiger partial charge in [-0.3, -0.25) is 4.79 Å². The molecule has 1 aliphatic heterocycles. The molecule has 3 rings (SSSR count). The molecule has 0 bridgehead atoms. The maximum absolute atomic E-state index is 12.3. The number of carbonyl (C=O) groups excluding carboxylic acids is 1. The van der Waals surface area contributed by atoms with E-state index in [9.17, 15) is 4.79 Å². The molecule has 0 aliphatic carbocycles. The van der Waals surface area contributed by atoms with Gasteiger partial charge in [-0.2, -0.15) is 0 Å². The van der Waals surface area contributed by atoms with E-state index in [0.29, 0.717) is 18.3 Å². The molecule has 5 heteroatoms. The number of rotatable bonds is 8. The minimum Gasteiger partial charge on any atom is -0.489 e. The van der Waals surface area contributed by atoms with Crippen LogP contribution < -0.4 is 14.8 Å². The summed E-state index contributed by atoms with van der Waals surface area (Å²) in [5.41, 5.74) is 1.13. The van der Waals surface area contributed by atoms with Crippen LogP contribution in [0.25, 0.3) is 0 Å². The van der Waals surface area contributed by atoms with Gasteiger partial charge in [0.15, 0.2) is 6.61 Å². The van der Waals surface area contributed by atoms with Gasteiger partial charge in [-0.25, -0.2) is 0 Å². The number of likely N-dealkylation sites (tertiary alicyclic amines) is 1. The van der Waals surface area contributed by atoms with Gasteiger partial charge in [-0.15, -0.1) is 0 Å². The van der Waals surface area contributed by atoms with Crippen LogP contribution >= 0.6 is 0 Å². The Kier molecular flexibility index (Phi) is 6.50. The van der Waals surface area contributed by atoms with E-state index in [1.165, 1.54) is 0 Å². The summed E-state index contributed by atoms with van der Waals surface area (Å²) in [7, 11) is 1.95. The average Bonchev–Trinajstić information content (AvgIpc) is 3.15. The molecule has 2 aromatic carbocycles. The zero-order chi connectivity index (χ0) is 18.2. The van der Waals surface area contributed by atoms with Gasteiger partial charge >= 0.3 is 0 Å². The predicted molar refractivity (Wildman–Crippen MR) is 101 cm³/mol. The fourth-order valence-electron chi connectivity index (χ4n) is 3.12. The van der Waals surface area contributed by atoms with Crippen LogP contribution in [0.15, 0.2) is 54.6 Å². The molecule has 0 aromatic heterocycles. The smallest absolute Gasteiger partial charge is 0.260 e. The second kappa shape index (κ2) is 9.25. The van der Waals surface area contributed by atoms with Crippen LogP contribution in [0.2, 0.25) is 0 Å². The molecular weight excluding hydrogens is 328 g/mol. The molecule has 1 unspecified atom stereocenters. The molecule has 0 radical (unpaired) electrons. The molecule has 5 nitrogen and oxygen atoms in total. The van der Waals surface area contributed by atoms with E-state index >= 15 is 0 Å². The van der Waals surface area contributed by atoms with E-state index in [1.807, 2.05) is 66.5 Å². The van der Waals surface area contributed by atoms with E-state index in [1.54, 1.807) is 0 Å². The molecule has 1 amide bonds. The third-order valence-electron chi connectivity index (χ3n) is 4.57. The van der Waals surface area contributed by atoms with Crippen molar-refractivity contribution in [2.45, 2.75) is 13.0 Å². The van der Waals surface area contributed by atoms with Gasteiger partial charge in [-0.05, 0) is 55.8 Å². The van der Waals surface area contributed by atoms with Crippen molar-refractivity contribution in [3.05, 3.63) is 60.2 Å². The second-order valence-electron chi connectivity index (χ2n) is 6.59. The molecule has 1 fully saturated rings. The van der Waals surface area contributed by atoms with E-state index in [-0.39, 0.29) is 12.5 Å². The van der Waals surface area contributed by atoms with Gasteiger partial charge < -0.3 is 19.7 Å². The molecule has 0 spiro atoms. The van der Waals surface area contributed by atoms with Crippen molar-refractivity contribution < 1.29 is 14.3 Å². The molecular formula is C21H26N2O3. The van der Waals surface area contributed by atoms with Crippen molar-refractivity contribution in [2.24, 2.45) is 5.92 Å². The van der Waals surface area contributed by atoms with Crippen LogP contribution in [0.3, 0.4) is 0 Å². The van der Waals surface area contributed by atoms with Crippen molar-refractivity contribution >= 4 is 5.91 Å². The SMILES string of the molecule is CNCC1CCN(C(=O)COc2ccc(OCc3ccccc3)cc2)C1. The molecule has 1 N–H and O–H groups in total. The highest BCUT2D eigenvalue weighted by Crippen LogP contribution is 2.20. The molecule has 138 valence electrons. The molecule has 0 saturated carbocycles. The van der Waals surface area contributed by atoms with Gasteiger partial charge in [0.25, 0.3) is 5.91 Å². The van der Waals surface area contributed by atoms with E-state index < -0.39 is 0 Å². The summed E-state index contributed by atoms with van der Waals surface area (Å²) in [6.45, 7) is 3.20. The Hall–Kier alpha value is -2.53. The monoisotopic (exact) mass is 354 g/mol. The summed E-state index contributed by atoms with van der Waals surface area (Å²) < 4.78 is 11.4. The van der Waals surface area contributed by atoms with E-state index in [2.05, 4.69) is 5.32 Å². The quantitative estimate of drug-likeness (QED) is 0.792. The van der Waals surface area contributed by atoms with Crippen LogP contribution in [0, 0.1) is 5.92 Å². The number of nitrogens with one attached hydrogen (secondary N) is 1. The molecule has 2 aromatic rings. The Bertz CT molecular complexity index is 688. The van der Waals surface area contributed by atoms with Crippen molar-refractivity contribution in [1.82, 2.24) is 10.2 Å². The molecule has 26 heavy (non-hydrogen) atoms. The molecule has 1 saturated heterocycles. The summed E-state index contributed by atoms with van der Waals surface area (Å²) in [6.07, 6.45) is 1.06. The fraction of sp³-hybridized carbons (Fsp3) is 0.381. The lowest BCUT2D eigenvalue weighted by molar-refractivity contribution is -0.132. The number of amides is 1. The van der Waals surface area contributed by atoms with Crippen molar-refractivity contribution in [2.75, 3.05) is 33.3 Å². The van der Waals surface area contributed by atoms with Crippen LogP contribution in [0.1, 0.15) is 12.0 Å². The summed E-state index contributed by atoms with van der Waals surface area (Å²) in [4.78, 5) is 14.1. The normalized spacial score (nSPS) is 16.5. The number of carbonyl (C=O) groups is 1. The highest BCUT2D eigenvalue weighted by molar-refractivity contribution is 5.78. The van der Waals surface area contributed by atoms with E-state index in [0.717, 1.165) is 37.4 Å². The van der Waals surface area contributed by atoms with Gasteiger partial charge in [0.2, 0.25) is 0 Å². The van der Waals surface area contributed by atoms with Crippen molar-refractivity contribution in [3.8, 4) is 11.5 Å². The fourth-order valence-corrected chi connectivity index (χ4v) is 3.12. The Morgan fingerprint density at radius 1 is 1.08 bits per heavy atom. The summed E-state index contributed by atoms with van der Waals surface area (Å²) in [5, 5.41) is 3.17. The lowest BCUT2D eigenvalue weighted by Crippen LogP contribution is -2.34. The van der Waals surface area contributed by atoms with Gasteiger partial charge in [0, 0.05) is 13.1 Å². The number of benzene rings is 2. The minimum atomic E-state index is 0.0491. The molecule has 1 atom stereocenters. The largest absolute Gasteiger partial charge is 0.489 e. The molecule has 1 aliphatic rings. The minimum absolute atomic E-state index is 0.0491. The number of nitrogens with zero attached hydrogens (tertiary/aromatic N) is 1. The topological polar surface area (TPSA) is 50.8 Å². The second-order valence-corrected chi connectivity index (χ2v) is 6.59. The standard InChI is InChI=1S/C21H26N2O3/c1-22-13-18-11-12-23(14-18)21(24)16-26-20-9-7-19(8-10-20)25-15-17-5-3-2-4-6-17/h2-10,18,22H,11-16H2,1H3. The summed E-state index contributed by atoms with van der Waals surface area (Å²) in [6, 6.07) is 17.4. The molecule has 1 heterocycles. The first-order valence-corrected chi connectivity index (χ1v) is 9.06. The lowest BCUT2D eigenvalue weighted by atomic mass is 10.1. The van der Waals surface area contributed by atoms with E-state index in [4.69, 9.17) is 9.47 Å². The Morgan fingerprint density at radius 3 is 2.46 bits per heavy atom. The maximum Gasteiger partial charge on any atom is 0.260 e. The zero-order valence-electron chi connectivity index (χ0n) is 15.2. The van der Waals surface area contributed by atoms with Crippen LogP contribution in [-0.2, 0) is 11.4 Å². The first-order valence-electron chi connectivity index (χ1n) is 9.06. The first-order chi connectivity index (χ1) is 12.7. The number of hydrogen-bond acceptors (Lipinski definition) is 4. The van der Waals surface area contributed by atoms with Crippen molar-refractivity contribution in [1.29, 1.82) is 0 Å². The van der Waals surface area contributed by atoms with Crippen LogP contribution in [0.5, 0.6) is 11.5 Å². The van der Waals surface area contributed by atoms with Crippen LogP contribution in [0.4, 0.5) is 0 Å². The summed E-state index contributed by atoms with van der Waals surface area (Å²) in [5.74, 6) is 2.05. The number of hydrogen-bond donors (Lipinski definition) is 1. The van der Waals surface area contributed by atoms with Crippen LogP contribution in [-0.4, -0.2) is 44.1 Å². The van der Waals surface area contributed by atoms with Gasteiger partial charge in [-0.1, -0.05) is 30.3 Å². The highest BCUT2D eigenvalue weighted by atomic mass is 16.5. The summed E-state index contributed by atoms with van der Waals surface area (Å²) >= 11 is 0. The first kappa shape index (κ1) is 18.3. The number of ether oxygens (including phenoxy) is 2. The van der Waals surface area contributed by atoms with Gasteiger partial charge in [0.1, 0.15) is 18.1 Å². The Labute approximate surface area is 154 Å². The Balaban J connectivity index is 1.42. The maximum atomic E-state index is 12.3. The predicted octanol–water partition coefficient (Wildman–Crippen LogP) is 2.71.